The number of sulfonamides is 1. The molecule has 0 aromatic heterocycles. The van der Waals surface area contributed by atoms with Crippen LogP contribution in [0.5, 0.6) is 0 Å². The van der Waals surface area contributed by atoms with Gasteiger partial charge in [0, 0.05) is 38.7 Å². The number of benzene rings is 2. The summed E-state index contributed by atoms with van der Waals surface area (Å²) >= 11 is 0. The summed E-state index contributed by atoms with van der Waals surface area (Å²) in [7, 11) is -4.21. The van der Waals surface area contributed by atoms with E-state index in [1.807, 2.05) is 44.2 Å². The SMILES string of the molecule is CC(C)C(C(=O)NCc1ccccc1)N1CCN(S(=O)(=O)c2ccccc2[N+](=O)[O-])CCC1=O. The van der Waals surface area contributed by atoms with Gasteiger partial charge in [-0.25, -0.2) is 8.42 Å². The van der Waals surface area contributed by atoms with E-state index in [4.69, 9.17) is 0 Å². The molecular weight excluding hydrogens is 460 g/mol. The number of nitro groups is 1. The highest BCUT2D eigenvalue weighted by molar-refractivity contribution is 7.89. The maximum absolute atomic E-state index is 13.2. The van der Waals surface area contributed by atoms with Crippen LogP contribution in [0.1, 0.15) is 25.8 Å². The molecule has 2 aromatic rings. The van der Waals surface area contributed by atoms with Crippen molar-refractivity contribution in [3.8, 4) is 0 Å². The number of nitrogens with zero attached hydrogens (tertiary/aromatic N) is 3. The molecule has 0 aliphatic carbocycles. The minimum absolute atomic E-state index is 0.000296. The predicted octanol–water partition coefficient (Wildman–Crippen LogP) is 2.16. The summed E-state index contributed by atoms with van der Waals surface area (Å²) in [5.74, 6) is -0.867. The Hall–Kier alpha value is -3.31. The number of nitro benzene ring substituents is 1. The van der Waals surface area contributed by atoms with Gasteiger partial charge in [-0.15, -0.1) is 0 Å². The quantitative estimate of drug-likeness (QED) is 0.448. The minimum atomic E-state index is -4.21. The van der Waals surface area contributed by atoms with Crippen molar-refractivity contribution < 1.29 is 22.9 Å². The number of amides is 2. The second kappa shape index (κ2) is 10.7. The van der Waals surface area contributed by atoms with Crippen molar-refractivity contribution in [2.45, 2.75) is 37.8 Å². The van der Waals surface area contributed by atoms with Crippen LogP contribution >= 0.6 is 0 Å². The topological polar surface area (TPSA) is 130 Å². The maximum atomic E-state index is 13.2. The van der Waals surface area contributed by atoms with Crippen LogP contribution in [0.4, 0.5) is 5.69 Å². The molecule has 2 amide bonds. The Labute approximate surface area is 198 Å². The molecule has 1 heterocycles. The Kier molecular flexibility index (Phi) is 8.00. The van der Waals surface area contributed by atoms with Crippen molar-refractivity contribution in [1.29, 1.82) is 0 Å². The molecule has 0 saturated carbocycles. The number of carbonyl (C=O) groups is 2. The highest BCUT2D eigenvalue weighted by Crippen LogP contribution is 2.27. The van der Waals surface area contributed by atoms with Crippen molar-refractivity contribution in [2.75, 3.05) is 19.6 Å². The first-order chi connectivity index (χ1) is 16.1. The highest BCUT2D eigenvalue weighted by Gasteiger charge is 2.38. The third kappa shape index (κ3) is 5.60. The average molecular weight is 489 g/mol. The second-order valence-electron chi connectivity index (χ2n) is 8.36. The van der Waals surface area contributed by atoms with Gasteiger partial charge in [0.15, 0.2) is 4.90 Å². The van der Waals surface area contributed by atoms with Gasteiger partial charge in [0.2, 0.25) is 21.8 Å². The zero-order chi connectivity index (χ0) is 24.9. The summed E-state index contributed by atoms with van der Waals surface area (Å²) in [4.78, 5) is 37.6. The van der Waals surface area contributed by atoms with E-state index in [1.165, 1.54) is 23.1 Å². The van der Waals surface area contributed by atoms with E-state index in [1.54, 1.807) is 0 Å². The van der Waals surface area contributed by atoms with Crippen LogP contribution in [0.3, 0.4) is 0 Å². The molecule has 0 radical (unpaired) electrons. The van der Waals surface area contributed by atoms with Gasteiger partial charge in [0.1, 0.15) is 6.04 Å². The first-order valence-electron chi connectivity index (χ1n) is 11.0. The van der Waals surface area contributed by atoms with Crippen LogP contribution in [-0.2, 0) is 26.2 Å². The molecule has 182 valence electrons. The highest BCUT2D eigenvalue weighted by atomic mass is 32.2. The Morgan fingerprint density at radius 1 is 1.06 bits per heavy atom. The molecule has 1 N–H and O–H groups in total. The standard InChI is InChI=1S/C23H28N4O6S/c1-17(2)22(23(29)24-16-18-8-4-3-5-9-18)26-15-14-25(13-12-21(26)28)34(32,33)20-11-7-6-10-19(20)27(30)31/h3-11,17,22H,12-16H2,1-2H3,(H,24,29). The van der Waals surface area contributed by atoms with E-state index < -0.39 is 31.6 Å². The molecular formula is C23H28N4O6S. The van der Waals surface area contributed by atoms with E-state index in [2.05, 4.69) is 5.32 Å². The summed E-state index contributed by atoms with van der Waals surface area (Å²) in [5.41, 5.74) is 0.401. The summed E-state index contributed by atoms with van der Waals surface area (Å²) in [5, 5.41) is 14.2. The van der Waals surface area contributed by atoms with Gasteiger partial charge in [-0.1, -0.05) is 56.3 Å². The van der Waals surface area contributed by atoms with Crippen molar-refractivity contribution in [3.63, 3.8) is 0 Å². The predicted molar refractivity (Wildman–Crippen MR) is 125 cm³/mol. The first kappa shape index (κ1) is 25.3. The molecule has 34 heavy (non-hydrogen) atoms. The Morgan fingerprint density at radius 2 is 1.71 bits per heavy atom. The summed E-state index contributed by atoms with van der Waals surface area (Å²) in [6.07, 6.45) is -0.130. The maximum Gasteiger partial charge on any atom is 0.289 e. The zero-order valence-corrected chi connectivity index (χ0v) is 19.9. The van der Waals surface area contributed by atoms with Crippen LogP contribution < -0.4 is 5.32 Å². The molecule has 11 heteroatoms. The number of carbonyl (C=O) groups excluding carboxylic acids is 2. The van der Waals surface area contributed by atoms with Gasteiger partial charge in [0.25, 0.3) is 5.69 Å². The summed E-state index contributed by atoms with van der Waals surface area (Å²) in [6, 6.07) is 13.7. The number of nitrogens with one attached hydrogen (secondary N) is 1. The molecule has 1 fully saturated rings. The lowest BCUT2D eigenvalue weighted by Gasteiger charge is -2.32. The van der Waals surface area contributed by atoms with Gasteiger partial charge in [-0.05, 0) is 17.5 Å². The Balaban J connectivity index is 1.78. The minimum Gasteiger partial charge on any atom is -0.350 e. The van der Waals surface area contributed by atoms with Crippen LogP contribution in [-0.4, -0.2) is 60.0 Å². The fraction of sp³-hybridized carbons (Fsp3) is 0.391. The molecule has 1 atom stereocenters. The number of hydrogen-bond donors (Lipinski definition) is 1. The second-order valence-corrected chi connectivity index (χ2v) is 10.3. The fourth-order valence-corrected chi connectivity index (χ4v) is 5.60. The first-order valence-corrected chi connectivity index (χ1v) is 12.4. The van der Waals surface area contributed by atoms with E-state index in [9.17, 15) is 28.1 Å². The van der Waals surface area contributed by atoms with Crippen molar-refractivity contribution in [3.05, 3.63) is 70.3 Å². The molecule has 0 bridgehead atoms. The average Bonchev–Trinajstić information content (AvgIpc) is 3.00. The van der Waals surface area contributed by atoms with Crippen LogP contribution in [0.25, 0.3) is 0 Å². The summed E-state index contributed by atoms with van der Waals surface area (Å²) < 4.78 is 27.5. The van der Waals surface area contributed by atoms with E-state index in [0.717, 1.165) is 15.9 Å². The number of hydrogen-bond acceptors (Lipinski definition) is 6. The molecule has 0 spiro atoms. The van der Waals surface area contributed by atoms with Gasteiger partial charge < -0.3 is 10.2 Å². The van der Waals surface area contributed by atoms with Gasteiger partial charge in [-0.2, -0.15) is 4.31 Å². The lowest BCUT2D eigenvalue weighted by Crippen LogP contribution is -2.52. The zero-order valence-electron chi connectivity index (χ0n) is 19.1. The van der Waals surface area contributed by atoms with Gasteiger partial charge in [-0.3, -0.25) is 19.7 Å². The molecule has 1 unspecified atom stereocenters. The number of para-hydroxylation sites is 1. The van der Waals surface area contributed by atoms with Crippen molar-refractivity contribution in [1.82, 2.24) is 14.5 Å². The molecule has 10 nitrogen and oxygen atoms in total. The molecule has 1 saturated heterocycles. The van der Waals surface area contributed by atoms with Crippen LogP contribution in [0.2, 0.25) is 0 Å². The third-order valence-electron chi connectivity index (χ3n) is 5.71. The normalized spacial score (nSPS) is 16.2. The lowest BCUT2D eigenvalue weighted by atomic mass is 10.0. The van der Waals surface area contributed by atoms with E-state index >= 15 is 0 Å². The number of rotatable bonds is 8. The molecule has 2 aromatic carbocycles. The Bertz CT molecular complexity index is 1150. The van der Waals surface area contributed by atoms with Crippen LogP contribution in [0.15, 0.2) is 59.5 Å². The Morgan fingerprint density at radius 3 is 2.35 bits per heavy atom. The van der Waals surface area contributed by atoms with Crippen LogP contribution in [0, 0.1) is 16.0 Å². The monoisotopic (exact) mass is 488 g/mol. The van der Waals surface area contributed by atoms with E-state index in [0.29, 0.717) is 6.54 Å². The summed E-state index contributed by atoms with van der Waals surface area (Å²) in [6.45, 7) is 3.76. The molecule has 3 rings (SSSR count). The third-order valence-corrected chi connectivity index (χ3v) is 7.66. The smallest absolute Gasteiger partial charge is 0.289 e. The van der Waals surface area contributed by atoms with Crippen molar-refractivity contribution >= 4 is 27.5 Å². The lowest BCUT2D eigenvalue weighted by molar-refractivity contribution is -0.387. The van der Waals surface area contributed by atoms with E-state index in [-0.39, 0.29) is 43.8 Å². The fourth-order valence-electron chi connectivity index (χ4n) is 4.01. The van der Waals surface area contributed by atoms with Gasteiger partial charge in [0.05, 0.1) is 4.92 Å². The largest absolute Gasteiger partial charge is 0.350 e. The van der Waals surface area contributed by atoms with Crippen molar-refractivity contribution in [2.24, 2.45) is 5.92 Å². The molecule has 1 aliphatic rings. The molecule has 1 aliphatic heterocycles. The van der Waals surface area contributed by atoms with Gasteiger partial charge >= 0.3 is 0 Å².